The van der Waals surface area contributed by atoms with E-state index in [2.05, 4.69) is 0 Å². The van der Waals surface area contributed by atoms with Crippen molar-refractivity contribution in [1.82, 2.24) is 14.0 Å². The fourth-order valence-corrected chi connectivity index (χ4v) is 4.40. The third-order valence-electron chi connectivity index (χ3n) is 3.64. The Morgan fingerprint density at radius 2 is 0.529 bits per heavy atom. The van der Waals surface area contributed by atoms with Crippen molar-refractivity contribution >= 4 is 43.8 Å². The first-order valence-corrected chi connectivity index (χ1v) is 11.6. The molecule has 0 aromatic carbocycles. The molecule has 34 heavy (non-hydrogen) atoms. The van der Waals surface area contributed by atoms with Crippen molar-refractivity contribution < 1.29 is 28.8 Å². The zero-order valence-corrected chi connectivity index (χ0v) is 21.1. The molecular formula is C24H30N3O6P. The van der Waals surface area contributed by atoms with Gasteiger partial charge in [0.1, 0.15) is 0 Å². The second-order valence-corrected chi connectivity index (χ2v) is 7.97. The zero-order chi connectivity index (χ0) is 26.3. The summed E-state index contributed by atoms with van der Waals surface area (Å²) in [5.74, 6) is -5.53. The van der Waals surface area contributed by atoms with Gasteiger partial charge in [-0.2, -0.15) is 0 Å². The summed E-state index contributed by atoms with van der Waals surface area (Å²) in [5, 5.41) is 0. The van der Waals surface area contributed by atoms with Crippen molar-refractivity contribution in [3.05, 3.63) is 72.9 Å². The van der Waals surface area contributed by atoms with Gasteiger partial charge in [-0.1, -0.05) is 36.5 Å². The van der Waals surface area contributed by atoms with Gasteiger partial charge in [-0.15, -0.1) is 0 Å². The largest absolute Gasteiger partial charge is 0.269 e. The average Bonchev–Trinajstić information content (AvgIpc) is 2.75. The Hall–Kier alpha value is -3.71. The number of amides is 6. The van der Waals surface area contributed by atoms with Crippen LogP contribution in [0.15, 0.2) is 72.9 Å². The predicted molar refractivity (Wildman–Crippen MR) is 131 cm³/mol. The first-order chi connectivity index (χ1) is 16.2. The SMILES string of the molecule is CC=CC(=O)N(C(=O)C=CC)P(N(C(=O)C=CC)C(=O)C=CC)N(C(=O)C=CC)C(=O)C=CC. The summed E-state index contributed by atoms with van der Waals surface area (Å²) in [4.78, 5) is 78.4. The van der Waals surface area contributed by atoms with Gasteiger partial charge in [0.2, 0.25) is 8.37 Å². The summed E-state index contributed by atoms with van der Waals surface area (Å²) in [6, 6.07) is 0. The van der Waals surface area contributed by atoms with E-state index in [-0.39, 0.29) is 0 Å². The molecule has 0 aromatic heterocycles. The number of hydrogen-bond donors (Lipinski definition) is 0. The third kappa shape index (κ3) is 8.33. The normalized spacial score (nSPS) is 12.9. The number of allylic oxidation sites excluding steroid dienone is 6. The summed E-state index contributed by atoms with van der Waals surface area (Å²) >= 11 is 0. The highest BCUT2D eigenvalue weighted by Gasteiger charge is 2.46. The topological polar surface area (TPSA) is 112 Å². The maximum Gasteiger partial charge on any atom is 0.259 e. The third-order valence-corrected chi connectivity index (χ3v) is 5.90. The molecule has 6 amide bonds. The Balaban J connectivity index is 7.63. The predicted octanol–water partition coefficient (Wildman–Crippen LogP) is 3.74. The van der Waals surface area contributed by atoms with Gasteiger partial charge >= 0.3 is 0 Å². The van der Waals surface area contributed by atoms with Gasteiger partial charge in [-0.25, -0.2) is 14.0 Å². The first kappa shape index (κ1) is 30.3. The standard InChI is InChI=1S/C24H30N3O6P/c1-7-13-19(28)25(20(29)14-8-2)34(26(21(30)15-9-3)22(31)16-10-4)27(23(32)17-11-5)24(33)18-12-6/h7-18H,1-6H3. The van der Waals surface area contributed by atoms with E-state index in [1.165, 1.54) is 78.0 Å². The van der Waals surface area contributed by atoms with Crippen LogP contribution in [0.2, 0.25) is 0 Å². The second-order valence-electron chi connectivity index (χ2n) is 6.23. The van der Waals surface area contributed by atoms with E-state index in [4.69, 9.17) is 0 Å². The van der Waals surface area contributed by atoms with Crippen LogP contribution in [-0.2, 0) is 28.8 Å². The highest BCUT2D eigenvalue weighted by molar-refractivity contribution is 7.55. The van der Waals surface area contributed by atoms with Crippen LogP contribution in [0.5, 0.6) is 0 Å². The van der Waals surface area contributed by atoms with Gasteiger partial charge in [0.15, 0.2) is 0 Å². The Bertz CT molecular complexity index is 780. The summed E-state index contributed by atoms with van der Waals surface area (Å²) in [6.45, 7) is 9.17. The average molecular weight is 487 g/mol. The lowest BCUT2D eigenvalue weighted by Gasteiger charge is -2.39. The molecule has 9 nitrogen and oxygen atoms in total. The molecular weight excluding hydrogens is 457 g/mol. The molecule has 0 saturated carbocycles. The summed E-state index contributed by atoms with van der Waals surface area (Å²) in [7, 11) is -2.96. The molecule has 0 bridgehead atoms. The molecule has 182 valence electrons. The molecule has 0 aliphatic heterocycles. The number of rotatable bonds is 9. The van der Waals surface area contributed by atoms with Gasteiger partial charge < -0.3 is 0 Å². The Labute approximate surface area is 201 Å². The minimum Gasteiger partial charge on any atom is -0.269 e. The first-order valence-electron chi connectivity index (χ1n) is 10.4. The van der Waals surface area contributed by atoms with E-state index in [0.717, 1.165) is 36.5 Å². The number of nitrogens with zero attached hydrogens (tertiary/aromatic N) is 3. The lowest BCUT2D eigenvalue weighted by atomic mass is 10.4. The number of carbonyl (C=O) groups is 6. The van der Waals surface area contributed by atoms with E-state index >= 15 is 0 Å². The maximum atomic E-state index is 13.1. The molecule has 0 N–H and O–H groups in total. The molecule has 0 fully saturated rings. The Morgan fingerprint density at radius 3 is 0.647 bits per heavy atom. The van der Waals surface area contributed by atoms with Crippen LogP contribution in [0.3, 0.4) is 0 Å². The fraction of sp³-hybridized carbons (Fsp3) is 0.250. The minimum atomic E-state index is -2.96. The monoisotopic (exact) mass is 487 g/mol. The molecule has 0 spiro atoms. The molecule has 0 aromatic rings. The zero-order valence-electron chi connectivity index (χ0n) is 20.2. The number of carbonyl (C=O) groups excluding carboxylic acids is 6. The van der Waals surface area contributed by atoms with Crippen molar-refractivity contribution in [3.8, 4) is 0 Å². The maximum absolute atomic E-state index is 13.1. The van der Waals surface area contributed by atoms with Crippen molar-refractivity contribution in [3.63, 3.8) is 0 Å². The van der Waals surface area contributed by atoms with Crippen LogP contribution in [0.1, 0.15) is 41.5 Å². The van der Waals surface area contributed by atoms with Gasteiger partial charge in [-0.3, -0.25) is 28.8 Å². The Kier molecular flexibility index (Phi) is 14.2. The van der Waals surface area contributed by atoms with Crippen LogP contribution in [0.25, 0.3) is 0 Å². The Morgan fingerprint density at radius 1 is 0.382 bits per heavy atom. The molecule has 0 atom stereocenters. The highest BCUT2D eigenvalue weighted by Crippen LogP contribution is 2.50. The van der Waals surface area contributed by atoms with Crippen LogP contribution < -0.4 is 0 Å². The summed E-state index contributed by atoms with van der Waals surface area (Å²) in [6.07, 6.45) is 14.3. The van der Waals surface area contributed by atoms with Crippen molar-refractivity contribution in [2.45, 2.75) is 41.5 Å². The van der Waals surface area contributed by atoms with Gasteiger partial charge in [0, 0.05) is 0 Å². The molecule has 0 unspecified atom stereocenters. The second kappa shape index (κ2) is 16.0. The van der Waals surface area contributed by atoms with Gasteiger partial charge in [0.05, 0.1) is 0 Å². The molecule has 0 heterocycles. The van der Waals surface area contributed by atoms with Gasteiger partial charge in [0.25, 0.3) is 35.4 Å². The van der Waals surface area contributed by atoms with E-state index in [0.29, 0.717) is 14.0 Å². The van der Waals surface area contributed by atoms with Crippen molar-refractivity contribution in [2.24, 2.45) is 0 Å². The summed E-state index contributed by atoms with van der Waals surface area (Å²) < 4.78 is 1.71. The molecule has 0 radical (unpaired) electrons. The van der Waals surface area contributed by atoms with Crippen molar-refractivity contribution in [1.29, 1.82) is 0 Å². The van der Waals surface area contributed by atoms with Crippen LogP contribution in [0.4, 0.5) is 0 Å². The van der Waals surface area contributed by atoms with E-state index in [9.17, 15) is 28.8 Å². The number of hydrogen-bond acceptors (Lipinski definition) is 6. The molecule has 0 aliphatic rings. The van der Waals surface area contributed by atoms with E-state index < -0.39 is 43.8 Å². The molecule has 0 saturated heterocycles. The minimum absolute atomic E-state index is 0.570. The summed E-state index contributed by atoms with van der Waals surface area (Å²) in [5.41, 5.74) is 0. The van der Waals surface area contributed by atoms with Crippen LogP contribution in [0, 0.1) is 0 Å². The fourth-order valence-electron chi connectivity index (χ4n) is 2.40. The highest BCUT2D eigenvalue weighted by atomic mass is 31.2. The van der Waals surface area contributed by atoms with E-state index in [1.807, 2.05) is 0 Å². The lowest BCUT2D eigenvalue weighted by molar-refractivity contribution is -0.135. The quantitative estimate of drug-likeness (QED) is 0.362. The smallest absolute Gasteiger partial charge is 0.259 e. The number of imide groups is 3. The molecule has 10 heteroatoms. The van der Waals surface area contributed by atoms with Gasteiger partial charge in [-0.05, 0) is 78.0 Å². The van der Waals surface area contributed by atoms with Crippen LogP contribution >= 0.6 is 8.37 Å². The van der Waals surface area contributed by atoms with Crippen LogP contribution in [-0.4, -0.2) is 49.5 Å². The molecule has 0 rings (SSSR count). The lowest BCUT2D eigenvalue weighted by Crippen LogP contribution is -2.48. The van der Waals surface area contributed by atoms with E-state index in [1.54, 1.807) is 0 Å². The molecule has 0 aliphatic carbocycles. The van der Waals surface area contributed by atoms with Crippen molar-refractivity contribution in [2.75, 3.05) is 0 Å².